The van der Waals surface area contributed by atoms with Gasteiger partial charge in [-0.15, -0.1) is 0 Å². The third kappa shape index (κ3) is 8.40. The van der Waals surface area contributed by atoms with E-state index in [0.717, 1.165) is 64.1 Å². The molecule has 0 aliphatic carbocycles. The standard InChI is InChI=1S/C29H42N2O6/c1-29(2,23-3-7-27(8-4-23)36-21-25(32)19-30-11-15-34-16-12-30)24-5-9-28(10-6-24)37-22-26(33)20-31-13-17-35-18-14-31/h3-10,25-26,32-33H,11-22H2,1-2H3. The lowest BCUT2D eigenvalue weighted by Crippen LogP contribution is -2.42. The minimum Gasteiger partial charge on any atom is -0.491 e. The summed E-state index contributed by atoms with van der Waals surface area (Å²) in [5.41, 5.74) is 2.13. The van der Waals surface area contributed by atoms with Gasteiger partial charge in [-0.3, -0.25) is 9.80 Å². The van der Waals surface area contributed by atoms with Gasteiger partial charge in [0.25, 0.3) is 0 Å². The molecule has 4 rings (SSSR count). The highest BCUT2D eigenvalue weighted by Crippen LogP contribution is 2.33. The van der Waals surface area contributed by atoms with Crippen molar-refractivity contribution in [2.75, 3.05) is 78.9 Å². The zero-order chi connectivity index (χ0) is 26.1. The van der Waals surface area contributed by atoms with Crippen molar-refractivity contribution in [2.45, 2.75) is 31.5 Å². The smallest absolute Gasteiger partial charge is 0.119 e. The normalized spacial score (nSPS) is 19.4. The van der Waals surface area contributed by atoms with Crippen molar-refractivity contribution < 1.29 is 29.2 Å². The molecule has 2 aliphatic heterocycles. The van der Waals surface area contributed by atoms with Crippen LogP contribution in [0.4, 0.5) is 0 Å². The molecule has 2 saturated heterocycles. The van der Waals surface area contributed by atoms with Crippen LogP contribution in [0.2, 0.25) is 0 Å². The van der Waals surface area contributed by atoms with E-state index in [1.807, 2.05) is 24.3 Å². The Morgan fingerprint density at radius 3 is 1.38 bits per heavy atom. The third-order valence-electron chi connectivity index (χ3n) is 7.18. The molecule has 0 saturated carbocycles. The molecule has 0 spiro atoms. The quantitative estimate of drug-likeness (QED) is 0.446. The van der Waals surface area contributed by atoms with Gasteiger partial charge >= 0.3 is 0 Å². The number of hydrogen-bond donors (Lipinski definition) is 2. The van der Waals surface area contributed by atoms with Crippen LogP contribution in [-0.4, -0.2) is 111 Å². The molecule has 2 atom stereocenters. The lowest BCUT2D eigenvalue weighted by Gasteiger charge is -2.29. The number of nitrogens with zero attached hydrogens (tertiary/aromatic N) is 2. The van der Waals surface area contributed by atoms with Gasteiger partial charge in [0.05, 0.1) is 26.4 Å². The van der Waals surface area contributed by atoms with Crippen LogP contribution in [0.3, 0.4) is 0 Å². The Balaban J connectivity index is 1.24. The molecule has 2 unspecified atom stereocenters. The predicted octanol–water partition coefficient (Wildman–Crippen LogP) is 2.16. The van der Waals surface area contributed by atoms with Crippen molar-refractivity contribution in [3.63, 3.8) is 0 Å². The van der Waals surface area contributed by atoms with Crippen LogP contribution in [0, 0.1) is 0 Å². The van der Waals surface area contributed by atoms with Gasteiger partial charge in [0, 0.05) is 44.7 Å². The van der Waals surface area contributed by atoms with Crippen LogP contribution in [0.1, 0.15) is 25.0 Å². The highest BCUT2D eigenvalue weighted by molar-refractivity contribution is 5.41. The Morgan fingerprint density at radius 2 is 1.03 bits per heavy atom. The Bertz CT molecular complexity index is 849. The van der Waals surface area contributed by atoms with Gasteiger partial charge in [0.2, 0.25) is 0 Å². The van der Waals surface area contributed by atoms with Gasteiger partial charge in [-0.1, -0.05) is 38.1 Å². The first-order valence-electron chi connectivity index (χ1n) is 13.3. The second kappa shape index (κ2) is 13.6. The Labute approximate surface area is 220 Å². The molecule has 8 nitrogen and oxygen atoms in total. The molecule has 2 aromatic rings. The SMILES string of the molecule is CC(C)(c1ccc(OCC(O)CN2CCOCC2)cc1)c1ccc(OCC(O)CN2CCOCC2)cc1. The van der Waals surface area contributed by atoms with Crippen LogP contribution in [0.5, 0.6) is 11.5 Å². The zero-order valence-corrected chi connectivity index (χ0v) is 22.2. The Morgan fingerprint density at radius 1 is 0.676 bits per heavy atom. The van der Waals surface area contributed by atoms with Crippen molar-refractivity contribution in [1.29, 1.82) is 0 Å². The van der Waals surface area contributed by atoms with E-state index < -0.39 is 12.2 Å². The van der Waals surface area contributed by atoms with Crippen LogP contribution in [-0.2, 0) is 14.9 Å². The molecule has 0 aromatic heterocycles. The number of aliphatic hydroxyl groups is 2. The van der Waals surface area contributed by atoms with Crippen LogP contribution in [0.25, 0.3) is 0 Å². The van der Waals surface area contributed by atoms with Crippen molar-refractivity contribution in [2.24, 2.45) is 0 Å². The van der Waals surface area contributed by atoms with E-state index in [1.54, 1.807) is 0 Å². The Kier molecular flexibility index (Phi) is 10.2. The minimum atomic E-state index is -0.532. The average Bonchev–Trinajstić information content (AvgIpc) is 2.92. The summed E-state index contributed by atoms with van der Waals surface area (Å²) in [6.07, 6.45) is -1.06. The highest BCUT2D eigenvalue weighted by Gasteiger charge is 2.23. The van der Waals surface area contributed by atoms with E-state index in [4.69, 9.17) is 18.9 Å². The van der Waals surface area contributed by atoms with E-state index in [2.05, 4.69) is 47.9 Å². The van der Waals surface area contributed by atoms with E-state index in [-0.39, 0.29) is 18.6 Å². The molecule has 0 amide bonds. The second-order valence-electron chi connectivity index (χ2n) is 10.4. The molecule has 0 bridgehead atoms. The molecule has 0 radical (unpaired) electrons. The largest absolute Gasteiger partial charge is 0.491 e. The average molecular weight is 515 g/mol. The second-order valence-corrected chi connectivity index (χ2v) is 10.4. The molecule has 2 aliphatic rings. The van der Waals surface area contributed by atoms with Gasteiger partial charge in [0.1, 0.15) is 36.9 Å². The monoisotopic (exact) mass is 514 g/mol. The van der Waals surface area contributed by atoms with Gasteiger partial charge < -0.3 is 29.2 Å². The molecule has 204 valence electrons. The first-order chi connectivity index (χ1) is 17.9. The van der Waals surface area contributed by atoms with Gasteiger partial charge in [-0.25, -0.2) is 0 Å². The van der Waals surface area contributed by atoms with Crippen LogP contribution < -0.4 is 9.47 Å². The first-order valence-corrected chi connectivity index (χ1v) is 13.3. The number of benzene rings is 2. The van der Waals surface area contributed by atoms with Crippen LogP contribution in [0.15, 0.2) is 48.5 Å². The summed E-state index contributed by atoms with van der Waals surface area (Å²) in [6.45, 7) is 12.4. The summed E-state index contributed by atoms with van der Waals surface area (Å²) in [5, 5.41) is 20.6. The maximum Gasteiger partial charge on any atom is 0.119 e. The fourth-order valence-corrected chi connectivity index (χ4v) is 4.76. The lowest BCUT2D eigenvalue weighted by molar-refractivity contribution is 0.00452. The number of morpholine rings is 2. The van der Waals surface area contributed by atoms with E-state index in [1.165, 1.54) is 11.1 Å². The van der Waals surface area contributed by atoms with Gasteiger partial charge in [0.15, 0.2) is 0 Å². The van der Waals surface area contributed by atoms with E-state index in [9.17, 15) is 10.2 Å². The van der Waals surface area contributed by atoms with Crippen molar-refractivity contribution in [3.8, 4) is 11.5 Å². The summed E-state index contributed by atoms with van der Waals surface area (Å²) in [6, 6.07) is 16.2. The molecule has 2 heterocycles. The molecule has 8 heteroatoms. The summed E-state index contributed by atoms with van der Waals surface area (Å²) in [4.78, 5) is 4.40. The molecular formula is C29H42N2O6. The first kappa shape index (κ1) is 27.8. The van der Waals surface area contributed by atoms with Crippen molar-refractivity contribution in [3.05, 3.63) is 59.7 Å². The molecule has 37 heavy (non-hydrogen) atoms. The maximum atomic E-state index is 10.3. The number of β-amino-alcohol motifs (C(OH)–C–C–N with tert-alkyl or cyclic N) is 2. The number of hydrogen-bond acceptors (Lipinski definition) is 8. The summed E-state index contributed by atoms with van der Waals surface area (Å²) in [5.74, 6) is 1.50. The predicted molar refractivity (Wildman–Crippen MR) is 143 cm³/mol. The molecule has 2 fully saturated rings. The number of ether oxygens (including phenoxy) is 4. The third-order valence-corrected chi connectivity index (χ3v) is 7.18. The van der Waals surface area contributed by atoms with Crippen molar-refractivity contribution >= 4 is 0 Å². The fourth-order valence-electron chi connectivity index (χ4n) is 4.76. The summed E-state index contributed by atoms with van der Waals surface area (Å²) in [7, 11) is 0. The Hall–Kier alpha value is -2.20. The van der Waals surface area contributed by atoms with E-state index in [0.29, 0.717) is 13.1 Å². The maximum absolute atomic E-state index is 10.3. The molecular weight excluding hydrogens is 472 g/mol. The number of aliphatic hydroxyl groups excluding tert-OH is 2. The lowest BCUT2D eigenvalue weighted by atomic mass is 9.78. The molecule has 2 aromatic carbocycles. The molecule has 2 N–H and O–H groups in total. The zero-order valence-electron chi connectivity index (χ0n) is 22.2. The van der Waals surface area contributed by atoms with Crippen LogP contribution >= 0.6 is 0 Å². The fraction of sp³-hybridized carbons (Fsp3) is 0.586. The topological polar surface area (TPSA) is 83.9 Å². The minimum absolute atomic E-state index is 0.206. The number of rotatable bonds is 12. The summed E-state index contributed by atoms with van der Waals surface area (Å²) >= 11 is 0. The van der Waals surface area contributed by atoms with Gasteiger partial charge in [-0.05, 0) is 35.4 Å². The van der Waals surface area contributed by atoms with E-state index >= 15 is 0 Å². The summed E-state index contributed by atoms with van der Waals surface area (Å²) < 4.78 is 22.4. The van der Waals surface area contributed by atoms with Gasteiger partial charge in [-0.2, -0.15) is 0 Å². The van der Waals surface area contributed by atoms with Crippen molar-refractivity contribution in [1.82, 2.24) is 9.80 Å². The highest BCUT2D eigenvalue weighted by atomic mass is 16.5.